The average Bonchev–Trinajstić information content (AvgIpc) is 3.00. The van der Waals surface area contributed by atoms with Crippen molar-refractivity contribution in [2.45, 2.75) is 13.8 Å². The van der Waals surface area contributed by atoms with E-state index in [1.54, 1.807) is 25.1 Å². The van der Waals surface area contributed by atoms with Gasteiger partial charge in [0.1, 0.15) is 5.56 Å². The van der Waals surface area contributed by atoms with Gasteiger partial charge in [-0.3, -0.25) is 14.9 Å². The van der Waals surface area contributed by atoms with E-state index in [2.05, 4.69) is 10.3 Å². The maximum atomic E-state index is 12.7. The molecule has 0 aliphatic carbocycles. The van der Waals surface area contributed by atoms with Gasteiger partial charge in [0.05, 0.1) is 39.9 Å². The largest absolute Gasteiger partial charge is 0.493 e. The Labute approximate surface area is 158 Å². The Bertz CT molecular complexity index is 1030. The fourth-order valence-corrected chi connectivity index (χ4v) is 3.49. The summed E-state index contributed by atoms with van der Waals surface area (Å²) in [6, 6.07) is 7.80. The van der Waals surface area contributed by atoms with Crippen LogP contribution in [0.1, 0.15) is 22.3 Å². The number of nitrogens with zero attached hydrogens (tertiary/aromatic N) is 2. The Morgan fingerprint density at radius 1 is 1.30 bits per heavy atom. The first kappa shape index (κ1) is 18.6. The number of nitrogens with one attached hydrogen (secondary N) is 1. The van der Waals surface area contributed by atoms with Gasteiger partial charge in [-0.25, -0.2) is 4.98 Å². The molecule has 9 heteroatoms. The van der Waals surface area contributed by atoms with Crippen LogP contribution in [0.3, 0.4) is 0 Å². The van der Waals surface area contributed by atoms with Crippen LogP contribution in [0.2, 0.25) is 0 Å². The minimum absolute atomic E-state index is 0.107. The first-order valence-electron chi connectivity index (χ1n) is 8.10. The van der Waals surface area contributed by atoms with Gasteiger partial charge in [0.15, 0.2) is 11.5 Å². The SMILES string of the molecule is CCOc1cc(C(=O)Nc2ccc3nc(C)sc3c2)c([N+](=O)[O-])cc1OC. The topological polar surface area (TPSA) is 104 Å². The number of amides is 1. The van der Waals surface area contributed by atoms with Crippen LogP contribution >= 0.6 is 11.3 Å². The fourth-order valence-electron chi connectivity index (χ4n) is 2.63. The van der Waals surface area contributed by atoms with Crippen molar-refractivity contribution in [1.82, 2.24) is 4.98 Å². The molecule has 27 heavy (non-hydrogen) atoms. The van der Waals surface area contributed by atoms with Crippen LogP contribution in [0.15, 0.2) is 30.3 Å². The van der Waals surface area contributed by atoms with Crippen LogP contribution in [0.5, 0.6) is 11.5 Å². The predicted molar refractivity (Wildman–Crippen MR) is 103 cm³/mol. The zero-order chi connectivity index (χ0) is 19.6. The van der Waals surface area contributed by atoms with Crippen molar-refractivity contribution in [1.29, 1.82) is 0 Å². The molecule has 0 aliphatic rings. The summed E-state index contributed by atoms with van der Waals surface area (Å²) in [5, 5.41) is 15.0. The van der Waals surface area contributed by atoms with Crippen LogP contribution < -0.4 is 14.8 Å². The van der Waals surface area contributed by atoms with E-state index in [0.29, 0.717) is 12.3 Å². The van der Waals surface area contributed by atoms with Gasteiger partial charge in [-0.2, -0.15) is 0 Å². The summed E-state index contributed by atoms with van der Waals surface area (Å²) in [4.78, 5) is 27.9. The van der Waals surface area contributed by atoms with E-state index in [1.165, 1.54) is 30.6 Å². The summed E-state index contributed by atoms with van der Waals surface area (Å²) in [5.41, 5.74) is 0.899. The highest BCUT2D eigenvalue weighted by atomic mass is 32.1. The number of fused-ring (bicyclic) bond motifs is 1. The Morgan fingerprint density at radius 2 is 2.07 bits per heavy atom. The van der Waals surface area contributed by atoms with Crippen molar-refractivity contribution in [3.8, 4) is 11.5 Å². The molecular weight excluding hydrogens is 370 g/mol. The van der Waals surface area contributed by atoms with E-state index in [9.17, 15) is 14.9 Å². The van der Waals surface area contributed by atoms with Gasteiger partial charge >= 0.3 is 0 Å². The first-order chi connectivity index (χ1) is 12.9. The van der Waals surface area contributed by atoms with Crippen LogP contribution in [-0.4, -0.2) is 29.5 Å². The van der Waals surface area contributed by atoms with Crippen molar-refractivity contribution in [3.05, 3.63) is 51.0 Å². The second-order valence-corrected chi connectivity index (χ2v) is 6.81. The molecule has 0 fully saturated rings. The molecule has 0 saturated carbocycles. The number of carbonyl (C=O) groups excluding carboxylic acids is 1. The minimum atomic E-state index is -0.622. The molecule has 0 radical (unpaired) electrons. The van der Waals surface area contributed by atoms with Gasteiger partial charge < -0.3 is 14.8 Å². The molecule has 0 bridgehead atoms. The summed E-state index contributed by atoms with van der Waals surface area (Å²) in [7, 11) is 1.38. The molecule has 1 heterocycles. The minimum Gasteiger partial charge on any atom is -0.493 e. The highest BCUT2D eigenvalue weighted by Gasteiger charge is 2.25. The van der Waals surface area contributed by atoms with Gasteiger partial charge in [0.25, 0.3) is 11.6 Å². The number of carbonyl (C=O) groups is 1. The molecule has 140 valence electrons. The molecule has 0 atom stereocenters. The maximum absolute atomic E-state index is 12.7. The molecule has 0 unspecified atom stereocenters. The van der Waals surface area contributed by atoms with E-state index in [0.717, 1.165) is 15.2 Å². The standard InChI is InChI=1S/C18H17N3O5S/c1-4-26-16-8-12(14(21(23)24)9-15(16)25-3)18(22)20-11-5-6-13-17(7-11)27-10(2)19-13/h5-9H,4H2,1-3H3,(H,20,22). The monoisotopic (exact) mass is 387 g/mol. The lowest BCUT2D eigenvalue weighted by molar-refractivity contribution is -0.385. The zero-order valence-corrected chi connectivity index (χ0v) is 15.8. The quantitative estimate of drug-likeness (QED) is 0.503. The number of hydrogen-bond donors (Lipinski definition) is 1. The summed E-state index contributed by atoms with van der Waals surface area (Å²) in [6.07, 6.45) is 0. The molecule has 1 amide bonds. The molecule has 8 nitrogen and oxygen atoms in total. The third-order valence-corrected chi connectivity index (χ3v) is 4.71. The number of thiazole rings is 1. The molecule has 3 rings (SSSR count). The lowest BCUT2D eigenvalue weighted by Crippen LogP contribution is -2.14. The molecular formula is C18H17N3O5S. The molecule has 2 aromatic carbocycles. The fraction of sp³-hybridized carbons (Fsp3) is 0.222. The van der Waals surface area contributed by atoms with Gasteiger partial charge in [-0.05, 0) is 32.0 Å². The van der Waals surface area contributed by atoms with Gasteiger partial charge in [0, 0.05) is 11.8 Å². The normalized spacial score (nSPS) is 10.6. The second kappa shape index (κ2) is 7.58. The van der Waals surface area contributed by atoms with E-state index in [4.69, 9.17) is 9.47 Å². The number of anilines is 1. The first-order valence-corrected chi connectivity index (χ1v) is 8.92. The lowest BCUT2D eigenvalue weighted by Gasteiger charge is -2.12. The van der Waals surface area contributed by atoms with Gasteiger partial charge in [0.2, 0.25) is 0 Å². The summed E-state index contributed by atoms with van der Waals surface area (Å²) in [6.45, 7) is 4.00. The number of rotatable bonds is 6. The van der Waals surface area contributed by atoms with E-state index >= 15 is 0 Å². The van der Waals surface area contributed by atoms with E-state index < -0.39 is 10.8 Å². The molecule has 1 N–H and O–H groups in total. The van der Waals surface area contributed by atoms with Crippen molar-refractivity contribution in [2.75, 3.05) is 19.0 Å². The number of hydrogen-bond acceptors (Lipinski definition) is 7. The van der Waals surface area contributed by atoms with E-state index in [-0.39, 0.29) is 22.7 Å². The summed E-state index contributed by atoms with van der Waals surface area (Å²) >= 11 is 1.50. The summed E-state index contributed by atoms with van der Waals surface area (Å²) in [5.74, 6) is -0.142. The lowest BCUT2D eigenvalue weighted by atomic mass is 10.1. The number of nitro groups is 1. The van der Waals surface area contributed by atoms with Crippen molar-refractivity contribution in [3.63, 3.8) is 0 Å². The Morgan fingerprint density at radius 3 is 2.74 bits per heavy atom. The highest BCUT2D eigenvalue weighted by molar-refractivity contribution is 7.18. The molecule has 0 aliphatic heterocycles. The number of nitro benzene ring substituents is 1. The highest BCUT2D eigenvalue weighted by Crippen LogP contribution is 2.35. The Balaban J connectivity index is 1.98. The van der Waals surface area contributed by atoms with Crippen LogP contribution in [0.4, 0.5) is 11.4 Å². The number of ether oxygens (including phenoxy) is 2. The molecule has 0 saturated heterocycles. The number of aryl methyl sites for hydroxylation is 1. The van der Waals surface area contributed by atoms with E-state index in [1.807, 2.05) is 6.92 Å². The zero-order valence-electron chi connectivity index (χ0n) is 14.9. The van der Waals surface area contributed by atoms with Crippen molar-refractivity contribution in [2.24, 2.45) is 0 Å². The van der Waals surface area contributed by atoms with Crippen LogP contribution in [0.25, 0.3) is 10.2 Å². The van der Waals surface area contributed by atoms with Crippen LogP contribution in [0, 0.1) is 17.0 Å². The smallest absolute Gasteiger partial charge is 0.286 e. The molecule has 0 spiro atoms. The number of methoxy groups -OCH3 is 1. The summed E-state index contributed by atoms with van der Waals surface area (Å²) < 4.78 is 11.5. The average molecular weight is 387 g/mol. The van der Waals surface area contributed by atoms with Crippen molar-refractivity contribution < 1.29 is 19.2 Å². The predicted octanol–water partition coefficient (Wildman–Crippen LogP) is 4.17. The Hall–Kier alpha value is -3.20. The number of benzene rings is 2. The van der Waals surface area contributed by atoms with Gasteiger partial charge in [-0.1, -0.05) is 0 Å². The maximum Gasteiger partial charge on any atom is 0.286 e. The molecule has 3 aromatic rings. The number of aromatic nitrogens is 1. The van der Waals surface area contributed by atoms with Gasteiger partial charge in [-0.15, -0.1) is 11.3 Å². The second-order valence-electron chi connectivity index (χ2n) is 5.58. The van der Waals surface area contributed by atoms with Crippen LogP contribution in [-0.2, 0) is 0 Å². The third-order valence-electron chi connectivity index (χ3n) is 3.78. The molecule has 1 aromatic heterocycles. The Kier molecular flexibility index (Phi) is 5.22. The van der Waals surface area contributed by atoms with Crippen molar-refractivity contribution >= 4 is 38.8 Å². The third kappa shape index (κ3) is 3.82.